The van der Waals surface area contributed by atoms with Crippen LogP contribution in [0.1, 0.15) is 5.56 Å². The van der Waals surface area contributed by atoms with Crippen molar-refractivity contribution in [2.75, 3.05) is 10.5 Å². The van der Waals surface area contributed by atoms with E-state index in [0.29, 0.717) is 11.3 Å². The molecule has 0 spiro atoms. The van der Waals surface area contributed by atoms with Crippen molar-refractivity contribution in [2.24, 2.45) is 0 Å². The number of nitrogens with one attached hydrogen (secondary N) is 1. The number of benzene rings is 2. The van der Waals surface area contributed by atoms with Crippen LogP contribution in [0.2, 0.25) is 0 Å². The number of halogens is 1. The average molecular weight is 280 g/mol. The van der Waals surface area contributed by atoms with Gasteiger partial charge in [0.2, 0.25) is 0 Å². The van der Waals surface area contributed by atoms with Crippen molar-refractivity contribution in [3.05, 3.63) is 53.8 Å². The summed E-state index contributed by atoms with van der Waals surface area (Å²) >= 11 is 0. The first-order chi connectivity index (χ1) is 8.90. The van der Waals surface area contributed by atoms with Gasteiger partial charge in [-0.05, 0) is 42.8 Å². The smallest absolute Gasteiger partial charge is 0.262 e. The van der Waals surface area contributed by atoms with Gasteiger partial charge >= 0.3 is 0 Å². The van der Waals surface area contributed by atoms with Gasteiger partial charge in [0, 0.05) is 5.69 Å². The topological polar surface area (TPSA) is 72.2 Å². The molecule has 19 heavy (non-hydrogen) atoms. The molecule has 0 aliphatic rings. The largest absolute Gasteiger partial charge is 0.398 e. The first-order valence-electron chi connectivity index (χ1n) is 5.53. The molecule has 0 saturated carbocycles. The van der Waals surface area contributed by atoms with Gasteiger partial charge in [0.05, 0.1) is 10.6 Å². The van der Waals surface area contributed by atoms with Crippen LogP contribution in [-0.4, -0.2) is 8.42 Å². The van der Waals surface area contributed by atoms with Crippen molar-refractivity contribution >= 4 is 21.4 Å². The van der Waals surface area contributed by atoms with Gasteiger partial charge in [0.15, 0.2) is 0 Å². The van der Waals surface area contributed by atoms with E-state index in [4.69, 9.17) is 5.73 Å². The van der Waals surface area contributed by atoms with Gasteiger partial charge in [0.25, 0.3) is 10.0 Å². The highest BCUT2D eigenvalue weighted by atomic mass is 32.2. The van der Waals surface area contributed by atoms with E-state index in [1.54, 1.807) is 19.1 Å². The van der Waals surface area contributed by atoms with Crippen LogP contribution in [0.5, 0.6) is 0 Å². The Balaban J connectivity index is 2.41. The summed E-state index contributed by atoms with van der Waals surface area (Å²) < 4.78 is 39.7. The second-order valence-corrected chi connectivity index (χ2v) is 5.74. The number of hydrogen-bond donors (Lipinski definition) is 2. The Hall–Kier alpha value is -2.08. The number of sulfonamides is 1. The van der Waals surface area contributed by atoms with Crippen LogP contribution in [-0.2, 0) is 10.0 Å². The molecule has 2 aromatic rings. The van der Waals surface area contributed by atoms with Gasteiger partial charge in [-0.3, -0.25) is 4.72 Å². The first kappa shape index (κ1) is 13.4. The van der Waals surface area contributed by atoms with Crippen LogP contribution in [0.3, 0.4) is 0 Å². The van der Waals surface area contributed by atoms with Gasteiger partial charge in [0.1, 0.15) is 5.82 Å². The van der Waals surface area contributed by atoms with E-state index in [0.717, 1.165) is 6.07 Å². The molecule has 0 atom stereocenters. The number of rotatable bonds is 3. The summed E-state index contributed by atoms with van der Waals surface area (Å²) in [5.41, 5.74) is 6.71. The highest BCUT2D eigenvalue weighted by Crippen LogP contribution is 2.23. The molecule has 100 valence electrons. The molecule has 0 saturated heterocycles. The Morgan fingerprint density at radius 3 is 2.53 bits per heavy atom. The van der Waals surface area contributed by atoms with E-state index in [9.17, 15) is 12.8 Å². The van der Waals surface area contributed by atoms with E-state index >= 15 is 0 Å². The van der Waals surface area contributed by atoms with E-state index < -0.39 is 15.8 Å². The summed E-state index contributed by atoms with van der Waals surface area (Å²) in [6.45, 7) is 1.62. The summed E-state index contributed by atoms with van der Waals surface area (Å²) in [7, 11) is -3.78. The highest BCUT2D eigenvalue weighted by molar-refractivity contribution is 7.92. The average Bonchev–Trinajstić information content (AvgIpc) is 2.32. The van der Waals surface area contributed by atoms with Gasteiger partial charge in [-0.2, -0.15) is 0 Å². The van der Waals surface area contributed by atoms with Crippen molar-refractivity contribution in [1.29, 1.82) is 0 Å². The molecule has 0 unspecified atom stereocenters. The van der Waals surface area contributed by atoms with Crippen LogP contribution in [0.15, 0.2) is 47.4 Å². The van der Waals surface area contributed by atoms with Gasteiger partial charge in [-0.15, -0.1) is 0 Å². The third-order valence-corrected chi connectivity index (χ3v) is 4.22. The highest BCUT2D eigenvalue weighted by Gasteiger charge is 2.18. The fraction of sp³-hybridized carbons (Fsp3) is 0.0769. The predicted molar refractivity (Wildman–Crippen MR) is 72.8 cm³/mol. The second-order valence-electron chi connectivity index (χ2n) is 4.09. The number of hydrogen-bond acceptors (Lipinski definition) is 3. The summed E-state index contributed by atoms with van der Waals surface area (Å²) in [5, 5.41) is 0. The van der Waals surface area contributed by atoms with Gasteiger partial charge in [-0.25, -0.2) is 12.8 Å². The summed E-state index contributed by atoms with van der Waals surface area (Å²) in [6, 6.07) is 9.89. The standard InChI is InChI=1S/C13H13FN2O2S/c1-9-12(15)6-3-7-13(9)19(17,18)16-11-5-2-4-10(14)8-11/h2-8,16H,15H2,1H3. The van der Waals surface area contributed by atoms with Crippen molar-refractivity contribution in [3.8, 4) is 0 Å². The van der Waals surface area contributed by atoms with E-state index in [-0.39, 0.29) is 10.6 Å². The molecule has 0 bridgehead atoms. The molecule has 0 aliphatic heterocycles. The number of anilines is 2. The molecular weight excluding hydrogens is 267 g/mol. The Labute approximate surface area is 111 Å². The van der Waals surface area contributed by atoms with Gasteiger partial charge in [-0.1, -0.05) is 12.1 Å². The SMILES string of the molecule is Cc1c(N)cccc1S(=O)(=O)Nc1cccc(F)c1. The molecule has 2 rings (SSSR count). The predicted octanol–water partition coefficient (Wildman–Crippen LogP) is 2.52. The van der Waals surface area contributed by atoms with Crippen molar-refractivity contribution in [3.63, 3.8) is 0 Å². The van der Waals surface area contributed by atoms with Crippen molar-refractivity contribution < 1.29 is 12.8 Å². The molecule has 2 aromatic carbocycles. The summed E-state index contributed by atoms with van der Waals surface area (Å²) in [4.78, 5) is 0.0803. The first-order valence-corrected chi connectivity index (χ1v) is 7.02. The molecule has 3 N–H and O–H groups in total. The van der Waals surface area contributed by atoms with Crippen molar-refractivity contribution in [1.82, 2.24) is 0 Å². The maximum absolute atomic E-state index is 13.0. The van der Waals surface area contributed by atoms with E-state index in [2.05, 4.69) is 4.72 Å². The van der Waals surface area contributed by atoms with Crippen LogP contribution < -0.4 is 10.5 Å². The van der Waals surface area contributed by atoms with Crippen LogP contribution in [0.4, 0.5) is 15.8 Å². The fourth-order valence-electron chi connectivity index (χ4n) is 1.68. The maximum Gasteiger partial charge on any atom is 0.262 e. The van der Waals surface area contributed by atoms with E-state index in [1.807, 2.05) is 0 Å². The Kier molecular flexibility index (Phi) is 3.44. The monoisotopic (exact) mass is 280 g/mol. The minimum absolute atomic E-state index is 0.0803. The molecule has 4 nitrogen and oxygen atoms in total. The second kappa shape index (κ2) is 4.89. The Morgan fingerprint density at radius 1 is 1.16 bits per heavy atom. The zero-order chi connectivity index (χ0) is 14.0. The molecule has 0 aromatic heterocycles. The van der Waals surface area contributed by atoms with Crippen LogP contribution >= 0.6 is 0 Å². The molecule has 0 radical (unpaired) electrons. The Morgan fingerprint density at radius 2 is 1.84 bits per heavy atom. The molecule has 0 fully saturated rings. The molecule has 0 aliphatic carbocycles. The zero-order valence-electron chi connectivity index (χ0n) is 10.2. The Bertz CT molecular complexity index is 714. The molecule has 6 heteroatoms. The molecule has 0 amide bonds. The quantitative estimate of drug-likeness (QED) is 0.848. The lowest BCUT2D eigenvalue weighted by molar-refractivity contribution is 0.600. The fourth-order valence-corrected chi connectivity index (χ4v) is 3.01. The number of nitrogen functional groups attached to an aromatic ring is 1. The summed E-state index contributed by atoms with van der Waals surface area (Å²) in [6.07, 6.45) is 0. The third kappa shape index (κ3) is 2.85. The van der Waals surface area contributed by atoms with Crippen molar-refractivity contribution in [2.45, 2.75) is 11.8 Å². The minimum Gasteiger partial charge on any atom is -0.398 e. The maximum atomic E-state index is 13.0. The molecular formula is C13H13FN2O2S. The van der Waals surface area contributed by atoms with Crippen LogP contribution in [0.25, 0.3) is 0 Å². The normalized spacial score (nSPS) is 11.3. The number of nitrogens with two attached hydrogens (primary N) is 1. The van der Waals surface area contributed by atoms with Gasteiger partial charge < -0.3 is 5.73 Å². The van der Waals surface area contributed by atoms with Crippen LogP contribution in [0, 0.1) is 12.7 Å². The summed E-state index contributed by atoms with van der Waals surface area (Å²) in [5.74, 6) is -0.510. The van der Waals surface area contributed by atoms with E-state index in [1.165, 1.54) is 24.3 Å². The lowest BCUT2D eigenvalue weighted by atomic mass is 10.2. The lowest BCUT2D eigenvalue weighted by Crippen LogP contribution is -2.15. The zero-order valence-corrected chi connectivity index (χ0v) is 11.0. The minimum atomic E-state index is -3.78. The molecule has 0 heterocycles. The third-order valence-electron chi connectivity index (χ3n) is 2.69. The lowest BCUT2D eigenvalue weighted by Gasteiger charge is -2.11.